The zero-order chi connectivity index (χ0) is 13.9. The maximum absolute atomic E-state index is 11.3. The van der Waals surface area contributed by atoms with Crippen LogP contribution in [-0.2, 0) is 0 Å². The van der Waals surface area contributed by atoms with Crippen LogP contribution in [0, 0.1) is 10.1 Å². The molecule has 1 rings (SSSR count). The number of rotatable bonds is 4. The summed E-state index contributed by atoms with van der Waals surface area (Å²) in [4.78, 5) is 32.0. The van der Waals surface area contributed by atoms with Gasteiger partial charge in [-0.3, -0.25) is 14.9 Å². The Hall–Kier alpha value is -2.64. The molecular formula is C10H10N2O6. The predicted octanol–water partition coefficient (Wildman–Crippen LogP) is 1.26. The Morgan fingerprint density at radius 1 is 1.33 bits per heavy atom. The van der Waals surface area contributed by atoms with Gasteiger partial charge in [0.05, 0.1) is 23.7 Å². The van der Waals surface area contributed by atoms with Gasteiger partial charge in [-0.25, -0.2) is 4.79 Å². The third-order valence-corrected chi connectivity index (χ3v) is 2.07. The van der Waals surface area contributed by atoms with Crippen LogP contribution < -0.4 is 15.2 Å². The van der Waals surface area contributed by atoms with E-state index >= 15 is 0 Å². The van der Waals surface area contributed by atoms with Gasteiger partial charge in [-0.2, -0.15) is 0 Å². The SMILES string of the molecule is COc1cc(C(C)=O)c([N+](=O)[O-])cc1OC(N)=O. The number of nitrogens with two attached hydrogens (primary N) is 1. The van der Waals surface area contributed by atoms with Crippen molar-refractivity contribution in [1.29, 1.82) is 0 Å². The number of hydrogen-bond donors (Lipinski definition) is 1. The standard InChI is InChI=1S/C10H10N2O6/c1-5(13)6-3-8(17-2)9(18-10(11)14)4-7(6)12(15)16/h3-4H,1-2H3,(H2,11,14). The molecule has 0 heterocycles. The molecule has 1 aromatic carbocycles. The van der Waals surface area contributed by atoms with Crippen LogP contribution in [0.4, 0.5) is 10.5 Å². The third-order valence-electron chi connectivity index (χ3n) is 2.07. The van der Waals surface area contributed by atoms with Gasteiger partial charge in [0.25, 0.3) is 5.69 Å². The smallest absolute Gasteiger partial charge is 0.410 e. The first-order valence-corrected chi connectivity index (χ1v) is 4.71. The van der Waals surface area contributed by atoms with Crippen LogP contribution in [0.5, 0.6) is 11.5 Å². The van der Waals surface area contributed by atoms with Crippen molar-refractivity contribution in [2.24, 2.45) is 5.73 Å². The minimum absolute atomic E-state index is 0.00426. The van der Waals surface area contributed by atoms with Gasteiger partial charge in [-0.1, -0.05) is 0 Å². The van der Waals surface area contributed by atoms with Crippen molar-refractivity contribution in [3.05, 3.63) is 27.8 Å². The topological polar surface area (TPSA) is 122 Å². The van der Waals surface area contributed by atoms with Gasteiger partial charge in [0.2, 0.25) is 0 Å². The van der Waals surface area contributed by atoms with Crippen LogP contribution in [0.3, 0.4) is 0 Å². The number of ketones is 1. The Morgan fingerprint density at radius 3 is 2.33 bits per heavy atom. The van der Waals surface area contributed by atoms with E-state index < -0.39 is 22.5 Å². The fourth-order valence-corrected chi connectivity index (χ4v) is 1.33. The Labute approximate surface area is 101 Å². The fraction of sp³-hybridized carbons (Fsp3) is 0.200. The average Bonchev–Trinajstić information content (AvgIpc) is 2.27. The van der Waals surface area contributed by atoms with E-state index in [-0.39, 0.29) is 17.1 Å². The number of carbonyl (C=O) groups excluding carboxylic acids is 2. The molecule has 0 saturated carbocycles. The largest absolute Gasteiger partial charge is 0.493 e. The van der Waals surface area contributed by atoms with E-state index in [2.05, 4.69) is 4.74 Å². The van der Waals surface area contributed by atoms with E-state index in [9.17, 15) is 19.7 Å². The van der Waals surface area contributed by atoms with Gasteiger partial charge in [0.1, 0.15) is 0 Å². The summed E-state index contributed by atoms with van der Waals surface area (Å²) >= 11 is 0. The molecule has 0 aromatic heterocycles. The molecule has 0 unspecified atom stereocenters. The minimum Gasteiger partial charge on any atom is -0.493 e. The monoisotopic (exact) mass is 254 g/mol. The molecule has 0 aliphatic heterocycles. The Balaban J connectivity index is 3.45. The number of methoxy groups -OCH3 is 1. The molecule has 0 atom stereocenters. The molecular weight excluding hydrogens is 244 g/mol. The second-order valence-corrected chi connectivity index (χ2v) is 3.25. The third kappa shape index (κ3) is 2.73. The number of Topliss-reactive ketones (excluding diaryl/α,β-unsaturated/α-hetero) is 1. The van der Waals surface area contributed by atoms with E-state index in [0.29, 0.717) is 0 Å². The number of hydrogen-bond acceptors (Lipinski definition) is 6. The van der Waals surface area contributed by atoms with E-state index in [1.165, 1.54) is 14.0 Å². The van der Waals surface area contributed by atoms with Crippen molar-refractivity contribution in [1.82, 2.24) is 0 Å². The van der Waals surface area contributed by atoms with Crippen molar-refractivity contribution in [2.45, 2.75) is 6.92 Å². The van der Waals surface area contributed by atoms with E-state index in [1.54, 1.807) is 0 Å². The summed E-state index contributed by atoms with van der Waals surface area (Å²) in [5.74, 6) is -0.725. The molecule has 0 radical (unpaired) electrons. The zero-order valence-corrected chi connectivity index (χ0v) is 9.63. The van der Waals surface area contributed by atoms with Crippen LogP contribution in [-0.4, -0.2) is 23.9 Å². The van der Waals surface area contributed by atoms with Crippen LogP contribution in [0.15, 0.2) is 12.1 Å². The molecule has 0 fully saturated rings. The van der Waals surface area contributed by atoms with Gasteiger partial charge in [0.15, 0.2) is 17.3 Å². The zero-order valence-electron chi connectivity index (χ0n) is 9.63. The second-order valence-electron chi connectivity index (χ2n) is 3.25. The lowest BCUT2D eigenvalue weighted by molar-refractivity contribution is -0.385. The highest BCUT2D eigenvalue weighted by Gasteiger charge is 2.23. The Kier molecular flexibility index (Phi) is 3.82. The minimum atomic E-state index is -1.14. The molecule has 1 aromatic rings. The summed E-state index contributed by atoms with van der Waals surface area (Å²) < 4.78 is 9.42. The molecule has 96 valence electrons. The summed E-state index contributed by atoms with van der Waals surface area (Å²) in [6.45, 7) is 1.18. The number of primary amides is 1. The maximum atomic E-state index is 11.3. The lowest BCUT2D eigenvalue weighted by Crippen LogP contribution is -2.17. The number of benzene rings is 1. The lowest BCUT2D eigenvalue weighted by Gasteiger charge is -2.09. The first-order chi connectivity index (χ1) is 8.36. The van der Waals surface area contributed by atoms with Gasteiger partial charge >= 0.3 is 6.09 Å². The number of ether oxygens (including phenoxy) is 2. The molecule has 8 heteroatoms. The molecule has 0 aliphatic rings. The van der Waals surface area contributed by atoms with Crippen LogP contribution in [0.2, 0.25) is 0 Å². The van der Waals surface area contributed by atoms with Crippen LogP contribution in [0.1, 0.15) is 17.3 Å². The first kappa shape index (κ1) is 13.4. The highest BCUT2D eigenvalue weighted by molar-refractivity contribution is 5.99. The highest BCUT2D eigenvalue weighted by atomic mass is 16.6. The molecule has 18 heavy (non-hydrogen) atoms. The number of nitro benzene ring substituents is 1. The quantitative estimate of drug-likeness (QED) is 0.490. The molecule has 1 amide bonds. The molecule has 8 nitrogen and oxygen atoms in total. The van der Waals surface area contributed by atoms with Gasteiger partial charge in [0, 0.05) is 6.07 Å². The molecule has 0 aliphatic carbocycles. The summed E-state index contributed by atoms with van der Waals surface area (Å²) in [5, 5.41) is 10.8. The van der Waals surface area contributed by atoms with Crippen molar-refractivity contribution in [3.63, 3.8) is 0 Å². The molecule has 0 bridgehead atoms. The normalized spacial score (nSPS) is 9.67. The van der Waals surface area contributed by atoms with Crippen molar-refractivity contribution < 1.29 is 24.0 Å². The summed E-state index contributed by atoms with van der Waals surface area (Å²) in [6, 6.07) is 2.04. The maximum Gasteiger partial charge on any atom is 0.410 e. The van der Waals surface area contributed by atoms with Gasteiger partial charge < -0.3 is 15.2 Å². The summed E-state index contributed by atoms with van der Waals surface area (Å²) in [5.41, 5.74) is 4.19. The molecule has 0 spiro atoms. The first-order valence-electron chi connectivity index (χ1n) is 4.71. The van der Waals surface area contributed by atoms with E-state index in [1.807, 2.05) is 0 Å². The average molecular weight is 254 g/mol. The number of nitro groups is 1. The Morgan fingerprint density at radius 2 is 1.94 bits per heavy atom. The molecule has 0 saturated heterocycles. The Bertz CT molecular complexity index is 525. The van der Waals surface area contributed by atoms with Gasteiger partial charge in [-0.15, -0.1) is 0 Å². The molecule has 2 N–H and O–H groups in total. The van der Waals surface area contributed by atoms with E-state index in [0.717, 1.165) is 12.1 Å². The number of amides is 1. The predicted molar refractivity (Wildman–Crippen MR) is 59.9 cm³/mol. The fourth-order valence-electron chi connectivity index (χ4n) is 1.33. The highest BCUT2D eigenvalue weighted by Crippen LogP contribution is 2.34. The van der Waals surface area contributed by atoms with Crippen LogP contribution >= 0.6 is 0 Å². The van der Waals surface area contributed by atoms with Crippen LogP contribution in [0.25, 0.3) is 0 Å². The van der Waals surface area contributed by atoms with E-state index in [4.69, 9.17) is 10.5 Å². The van der Waals surface area contributed by atoms with Crippen molar-refractivity contribution in [2.75, 3.05) is 7.11 Å². The summed E-state index contributed by atoms with van der Waals surface area (Å²) in [7, 11) is 1.26. The lowest BCUT2D eigenvalue weighted by atomic mass is 10.1. The second kappa shape index (κ2) is 5.13. The van der Waals surface area contributed by atoms with Crippen molar-refractivity contribution in [3.8, 4) is 11.5 Å². The number of carbonyl (C=O) groups is 2. The summed E-state index contributed by atoms with van der Waals surface area (Å²) in [6.07, 6.45) is -1.14. The van der Waals surface area contributed by atoms with Gasteiger partial charge in [-0.05, 0) is 6.92 Å². The number of nitrogens with zero attached hydrogens (tertiary/aromatic N) is 1. The van der Waals surface area contributed by atoms with Crippen molar-refractivity contribution >= 4 is 17.6 Å².